The first-order chi connectivity index (χ1) is 9.49. The average Bonchev–Trinajstić information content (AvgIpc) is 2.41. The highest BCUT2D eigenvalue weighted by Crippen LogP contribution is 2.28. The molecule has 1 aromatic carbocycles. The Bertz CT molecular complexity index is 609. The maximum Gasteiger partial charge on any atom is 0.134 e. The van der Waals surface area contributed by atoms with Crippen molar-refractivity contribution in [1.82, 2.24) is 9.97 Å². The Morgan fingerprint density at radius 3 is 2.50 bits per heavy atom. The fourth-order valence-corrected chi connectivity index (χ4v) is 2.94. The molecule has 4 heteroatoms. The normalized spacial score (nSPS) is 11.1. The Morgan fingerprint density at radius 2 is 1.85 bits per heavy atom. The summed E-state index contributed by atoms with van der Waals surface area (Å²) in [5.74, 6) is 2.61. The van der Waals surface area contributed by atoms with E-state index < -0.39 is 0 Å². The van der Waals surface area contributed by atoms with E-state index in [1.165, 1.54) is 11.1 Å². The zero-order valence-electron chi connectivity index (χ0n) is 12.5. The highest BCUT2D eigenvalue weighted by Gasteiger charge is 2.12. The lowest BCUT2D eigenvalue weighted by atomic mass is 10.1. The third-order valence-electron chi connectivity index (χ3n) is 3.30. The minimum Gasteiger partial charge on any atom is -0.383 e. The monoisotopic (exact) mass is 287 g/mol. The number of thioether (sulfide) groups is 1. The van der Waals surface area contributed by atoms with Gasteiger partial charge in [0.25, 0.3) is 0 Å². The standard InChI is InChI=1S/C16H21N3S/c1-10(2)15-18-14(17)12(4)16(19-15)20-9-13-8-6-5-7-11(13)3/h5-8,10H,9H2,1-4H3,(H2,17,18,19). The molecule has 0 aliphatic carbocycles. The maximum absolute atomic E-state index is 5.99. The second-order valence-corrected chi connectivity index (χ2v) is 6.23. The summed E-state index contributed by atoms with van der Waals surface area (Å²) in [5, 5.41) is 0.990. The summed E-state index contributed by atoms with van der Waals surface area (Å²) < 4.78 is 0. The summed E-state index contributed by atoms with van der Waals surface area (Å²) in [5.41, 5.74) is 9.62. The van der Waals surface area contributed by atoms with Crippen LogP contribution in [0.1, 0.15) is 42.3 Å². The second-order valence-electron chi connectivity index (χ2n) is 5.27. The van der Waals surface area contributed by atoms with E-state index in [-0.39, 0.29) is 5.92 Å². The van der Waals surface area contributed by atoms with Gasteiger partial charge in [0.2, 0.25) is 0 Å². The minimum absolute atomic E-state index is 0.288. The van der Waals surface area contributed by atoms with Crippen molar-refractivity contribution in [3.63, 3.8) is 0 Å². The van der Waals surface area contributed by atoms with Crippen molar-refractivity contribution in [3.8, 4) is 0 Å². The predicted molar refractivity (Wildman–Crippen MR) is 86.0 cm³/mol. The molecule has 0 saturated carbocycles. The van der Waals surface area contributed by atoms with Gasteiger partial charge in [0.1, 0.15) is 16.7 Å². The van der Waals surface area contributed by atoms with Gasteiger partial charge >= 0.3 is 0 Å². The van der Waals surface area contributed by atoms with Crippen LogP contribution in [-0.4, -0.2) is 9.97 Å². The lowest BCUT2D eigenvalue weighted by Gasteiger charge is -2.12. The minimum atomic E-state index is 0.288. The van der Waals surface area contributed by atoms with Gasteiger partial charge in [-0.1, -0.05) is 38.1 Å². The molecule has 0 atom stereocenters. The van der Waals surface area contributed by atoms with E-state index in [1.807, 2.05) is 6.92 Å². The first-order valence-corrected chi connectivity index (χ1v) is 7.79. The van der Waals surface area contributed by atoms with Gasteiger partial charge in [0.15, 0.2) is 0 Å². The third-order valence-corrected chi connectivity index (χ3v) is 4.42. The molecule has 3 nitrogen and oxygen atoms in total. The third kappa shape index (κ3) is 3.31. The van der Waals surface area contributed by atoms with Gasteiger partial charge in [0.05, 0.1) is 0 Å². The molecule has 0 bridgehead atoms. The summed E-state index contributed by atoms with van der Waals surface area (Å²) >= 11 is 1.73. The van der Waals surface area contributed by atoms with Crippen LogP contribution in [0, 0.1) is 13.8 Å². The van der Waals surface area contributed by atoms with Crippen molar-refractivity contribution in [2.24, 2.45) is 0 Å². The number of aryl methyl sites for hydroxylation is 1. The molecule has 0 unspecified atom stereocenters. The van der Waals surface area contributed by atoms with Crippen LogP contribution in [0.3, 0.4) is 0 Å². The van der Waals surface area contributed by atoms with Crippen LogP contribution in [0.4, 0.5) is 5.82 Å². The van der Waals surface area contributed by atoms with Crippen LogP contribution < -0.4 is 5.73 Å². The molecule has 2 rings (SSSR count). The zero-order valence-corrected chi connectivity index (χ0v) is 13.3. The molecule has 1 aromatic heterocycles. The Kier molecular flexibility index (Phi) is 4.65. The number of nitrogens with two attached hydrogens (primary N) is 1. The molecule has 2 N–H and O–H groups in total. The average molecular weight is 287 g/mol. The SMILES string of the molecule is Cc1ccccc1CSc1nc(C(C)C)nc(N)c1C. The van der Waals surface area contributed by atoms with Crippen molar-refractivity contribution in [2.75, 3.05) is 5.73 Å². The topological polar surface area (TPSA) is 51.8 Å². The number of rotatable bonds is 4. The second kappa shape index (κ2) is 6.27. The number of nitrogen functional groups attached to an aromatic ring is 1. The summed E-state index contributed by atoms with van der Waals surface area (Å²) in [6.45, 7) is 8.29. The van der Waals surface area contributed by atoms with Gasteiger partial charge in [-0.2, -0.15) is 0 Å². The molecule has 0 aliphatic rings. The molecule has 0 amide bonds. The van der Waals surface area contributed by atoms with Crippen LogP contribution in [-0.2, 0) is 5.75 Å². The van der Waals surface area contributed by atoms with Crippen LogP contribution in [0.2, 0.25) is 0 Å². The quantitative estimate of drug-likeness (QED) is 0.679. The van der Waals surface area contributed by atoms with Crippen LogP contribution in [0.15, 0.2) is 29.3 Å². The molecule has 0 saturated heterocycles. The molecule has 0 aliphatic heterocycles. The van der Waals surface area contributed by atoms with Crippen LogP contribution in [0.25, 0.3) is 0 Å². The Morgan fingerprint density at radius 1 is 1.15 bits per heavy atom. The van der Waals surface area contributed by atoms with E-state index in [0.717, 1.165) is 22.2 Å². The predicted octanol–water partition coefficient (Wildman–Crippen LogP) is 4.09. The van der Waals surface area contributed by atoms with Gasteiger partial charge in [0, 0.05) is 17.2 Å². The zero-order chi connectivity index (χ0) is 14.7. The Labute approximate surface area is 125 Å². The Hall–Kier alpha value is -1.55. The molecular formula is C16H21N3S. The number of hydrogen-bond acceptors (Lipinski definition) is 4. The van der Waals surface area contributed by atoms with Gasteiger partial charge in [-0.3, -0.25) is 0 Å². The number of anilines is 1. The van der Waals surface area contributed by atoms with E-state index in [1.54, 1.807) is 11.8 Å². The summed E-state index contributed by atoms with van der Waals surface area (Å²) in [4.78, 5) is 9.01. The van der Waals surface area contributed by atoms with E-state index in [4.69, 9.17) is 5.73 Å². The van der Waals surface area contributed by atoms with Gasteiger partial charge in [-0.15, -0.1) is 11.8 Å². The van der Waals surface area contributed by atoms with Crippen molar-refractivity contribution in [1.29, 1.82) is 0 Å². The van der Waals surface area contributed by atoms with Crippen molar-refractivity contribution < 1.29 is 0 Å². The number of hydrogen-bond donors (Lipinski definition) is 1. The van der Waals surface area contributed by atoms with E-state index in [2.05, 4.69) is 55.0 Å². The first kappa shape index (κ1) is 14.9. The van der Waals surface area contributed by atoms with Crippen molar-refractivity contribution >= 4 is 17.6 Å². The molecule has 20 heavy (non-hydrogen) atoms. The highest BCUT2D eigenvalue weighted by molar-refractivity contribution is 7.98. The smallest absolute Gasteiger partial charge is 0.134 e. The number of nitrogens with zero attached hydrogens (tertiary/aromatic N) is 2. The Balaban J connectivity index is 2.23. The highest BCUT2D eigenvalue weighted by atomic mass is 32.2. The molecule has 0 spiro atoms. The summed E-state index contributed by atoms with van der Waals surface area (Å²) in [6, 6.07) is 8.43. The lowest BCUT2D eigenvalue weighted by molar-refractivity contribution is 0.751. The van der Waals surface area contributed by atoms with Crippen LogP contribution >= 0.6 is 11.8 Å². The van der Waals surface area contributed by atoms with E-state index >= 15 is 0 Å². The molecular weight excluding hydrogens is 266 g/mol. The van der Waals surface area contributed by atoms with E-state index in [9.17, 15) is 0 Å². The molecule has 106 valence electrons. The van der Waals surface area contributed by atoms with Crippen LogP contribution in [0.5, 0.6) is 0 Å². The summed E-state index contributed by atoms with van der Waals surface area (Å²) in [6.07, 6.45) is 0. The van der Waals surface area contributed by atoms with Gasteiger partial charge in [-0.05, 0) is 25.0 Å². The first-order valence-electron chi connectivity index (χ1n) is 6.80. The van der Waals surface area contributed by atoms with Gasteiger partial charge < -0.3 is 5.73 Å². The largest absolute Gasteiger partial charge is 0.383 e. The summed E-state index contributed by atoms with van der Waals surface area (Å²) in [7, 11) is 0. The fourth-order valence-electron chi connectivity index (χ4n) is 1.85. The van der Waals surface area contributed by atoms with E-state index in [0.29, 0.717) is 5.82 Å². The van der Waals surface area contributed by atoms with Crippen molar-refractivity contribution in [2.45, 2.75) is 44.4 Å². The maximum atomic E-state index is 5.99. The molecule has 1 heterocycles. The fraction of sp³-hybridized carbons (Fsp3) is 0.375. The molecule has 2 aromatic rings. The lowest BCUT2D eigenvalue weighted by Crippen LogP contribution is -2.05. The molecule has 0 radical (unpaired) electrons. The number of benzene rings is 1. The van der Waals surface area contributed by atoms with Gasteiger partial charge in [-0.25, -0.2) is 9.97 Å². The van der Waals surface area contributed by atoms with Crippen molar-refractivity contribution in [3.05, 3.63) is 46.8 Å². The molecule has 0 fully saturated rings. The number of aromatic nitrogens is 2.